The molecule has 2 saturated heterocycles. The maximum Gasteiger partial charge on any atom is 0.335 e. The molecule has 0 aliphatic carbocycles. The van der Waals surface area contributed by atoms with Gasteiger partial charge in [0.05, 0.1) is 6.61 Å². The molecule has 8 aromatic carbocycles. The summed E-state index contributed by atoms with van der Waals surface area (Å²) >= 11 is 0. The molecule has 0 unspecified atom stereocenters. The van der Waals surface area contributed by atoms with E-state index in [9.17, 15) is 0 Å². The normalized spacial score (nSPS) is 21.7. The van der Waals surface area contributed by atoms with Crippen LogP contribution >= 0.6 is 8.60 Å². The maximum atomic E-state index is 7.57. The molecule has 370 valence electrons. The van der Waals surface area contributed by atoms with Crippen LogP contribution in [0.25, 0.3) is 11.1 Å². The Morgan fingerprint density at radius 1 is 0.473 bits per heavy atom. The Balaban J connectivity index is 0.859. The van der Waals surface area contributed by atoms with Crippen LogP contribution in [0.5, 0.6) is 0 Å². The van der Waals surface area contributed by atoms with Crippen molar-refractivity contribution in [2.45, 2.75) is 68.2 Å². The third-order valence-corrected chi connectivity index (χ3v) is 15.7. The number of benzene rings is 8. The fourth-order valence-corrected chi connectivity index (χ4v) is 12.4. The minimum atomic E-state index is -2.17. The van der Waals surface area contributed by atoms with E-state index in [4.69, 9.17) is 42.5 Å². The number of rotatable bonds is 14. The fraction of sp³-hybridized carbons (Fsp3) is 0.219. The first-order valence-electron chi connectivity index (χ1n) is 25.4. The molecule has 9 nitrogen and oxygen atoms in total. The highest BCUT2D eigenvalue weighted by atomic mass is 31.2. The van der Waals surface area contributed by atoms with E-state index >= 15 is 0 Å². The SMILES string of the molecule is CC1(C)O[C@@H]2[C@@H](O1)C(c1ccccc1)(c1ccccc1)OP(OCc1cccc(-c3ccc(CC(C4=N[C@@H](c5ccccc5)CO4)C4=N[C@@H](c5ccccc5)CO4)cc3)c1)OC2(c1ccccc1)c1ccccc1. The zero-order chi connectivity index (χ0) is 50.0. The highest BCUT2D eigenvalue weighted by molar-refractivity contribution is 7.41. The van der Waals surface area contributed by atoms with Gasteiger partial charge >= 0.3 is 8.60 Å². The van der Waals surface area contributed by atoms with Crippen molar-refractivity contribution >= 4 is 20.4 Å². The third kappa shape index (κ3) is 9.41. The number of nitrogens with zero attached hydrogens (tertiary/aromatic N) is 2. The second kappa shape index (κ2) is 20.7. The molecular weight excluding hydrogens is 940 g/mol. The summed E-state index contributed by atoms with van der Waals surface area (Å²) in [4.78, 5) is 10.2. The van der Waals surface area contributed by atoms with Crippen LogP contribution in [-0.2, 0) is 56.7 Å². The summed E-state index contributed by atoms with van der Waals surface area (Å²) in [5.41, 5.74) is 7.61. The first-order chi connectivity index (χ1) is 36.3. The van der Waals surface area contributed by atoms with Crippen LogP contribution in [-0.4, -0.2) is 43.0 Å². The highest BCUT2D eigenvalue weighted by Crippen LogP contribution is 2.65. The Morgan fingerprint density at radius 2 is 0.892 bits per heavy atom. The number of aliphatic imine (C=N–C) groups is 2. The van der Waals surface area contributed by atoms with Crippen LogP contribution in [0.1, 0.15) is 70.4 Å². The minimum absolute atomic E-state index is 0.0816. The lowest BCUT2D eigenvalue weighted by atomic mass is 9.72. The van der Waals surface area contributed by atoms with Crippen LogP contribution in [0.4, 0.5) is 0 Å². The van der Waals surface area contributed by atoms with Crippen molar-refractivity contribution in [1.82, 2.24) is 0 Å². The Morgan fingerprint density at radius 3 is 1.32 bits per heavy atom. The number of ether oxygens (including phenoxy) is 4. The third-order valence-electron chi connectivity index (χ3n) is 14.4. The number of hydrogen-bond acceptors (Lipinski definition) is 9. The highest BCUT2D eigenvalue weighted by Gasteiger charge is 2.67. The molecule has 0 amide bonds. The van der Waals surface area contributed by atoms with Crippen LogP contribution < -0.4 is 0 Å². The van der Waals surface area contributed by atoms with E-state index in [-0.39, 0.29) is 24.6 Å². The smallest absolute Gasteiger partial charge is 0.335 e. The summed E-state index contributed by atoms with van der Waals surface area (Å²) < 4.78 is 49.3. The Kier molecular flexibility index (Phi) is 13.4. The van der Waals surface area contributed by atoms with Gasteiger partial charge in [0.15, 0.2) is 28.8 Å². The van der Waals surface area contributed by atoms with E-state index in [2.05, 4.69) is 121 Å². The van der Waals surface area contributed by atoms with Gasteiger partial charge in [0.1, 0.15) is 43.4 Å². The molecule has 0 radical (unpaired) electrons. The largest absolute Gasteiger partial charge is 0.478 e. The van der Waals surface area contributed by atoms with Gasteiger partial charge in [0, 0.05) is 0 Å². The van der Waals surface area contributed by atoms with Crippen molar-refractivity contribution in [3.05, 3.63) is 275 Å². The lowest BCUT2D eigenvalue weighted by Crippen LogP contribution is -2.53. The van der Waals surface area contributed by atoms with Crippen LogP contribution in [0, 0.1) is 5.92 Å². The van der Waals surface area contributed by atoms with Gasteiger partial charge < -0.3 is 23.5 Å². The molecule has 8 aromatic rings. The lowest BCUT2D eigenvalue weighted by molar-refractivity contribution is -0.176. The van der Waals surface area contributed by atoms with Crippen molar-refractivity contribution in [2.75, 3.05) is 13.2 Å². The molecule has 0 bridgehead atoms. The van der Waals surface area contributed by atoms with Gasteiger partial charge in [-0.15, -0.1) is 0 Å². The summed E-state index contributed by atoms with van der Waals surface area (Å²) in [5, 5.41) is 0. The second-order valence-electron chi connectivity index (χ2n) is 19.7. The van der Waals surface area contributed by atoms with Crippen LogP contribution in [0.3, 0.4) is 0 Å². The summed E-state index contributed by atoms with van der Waals surface area (Å²) in [7, 11) is -2.17. The minimum Gasteiger partial charge on any atom is -0.478 e. The standard InChI is InChI=1S/C64H57N2O7P/c1-62(2)70-58-59(71-62)64(53-32-17-7-18-33-53,54-34-19-8-20-35-54)73-74(72-63(58,51-28-13-5-14-29-51)52-30-15-6-16-31-52)69-42-46-22-21-27-50(40-46)47-38-36-45(37-39-47)41-55(60-65-56(43-67-60)48-23-9-3-10-24-48)61-66-57(44-68-61)49-25-11-4-12-26-49/h3-40,55-59H,41-44H2,1-2H3/t56-,57-,58-,59-/m1/s1. The molecule has 0 spiro atoms. The molecule has 4 aliphatic rings. The molecule has 4 aliphatic heterocycles. The molecule has 12 rings (SSSR count). The van der Waals surface area contributed by atoms with E-state index in [1.807, 2.05) is 123 Å². The van der Waals surface area contributed by atoms with Crippen molar-refractivity contribution in [3.8, 4) is 11.1 Å². The van der Waals surface area contributed by atoms with Crippen LogP contribution in [0.15, 0.2) is 241 Å². The second-order valence-corrected chi connectivity index (χ2v) is 20.7. The van der Waals surface area contributed by atoms with Gasteiger partial charge in [-0.1, -0.05) is 224 Å². The molecule has 0 N–H and O–H groups in total. The van der Waals surface area contributed by atoms with Crippen molar-refractivity contribution < 1.29 is 32.5 Å². The Bertz CT molecular complexity index is 2970. The predicted molar refractivity (Wildman–Crippen MR) is 289 cm³/mol. The predicted octanol–water partition coefficient (Wildman–Crippen LogP) is 14.1. The van der Waals surface area contributed by atoms with Crippen molar-refractivity contribution in [2.24, 2.45) is 15.9 Å². The average Bonchev–Trinajstić information content (AvgIpc) is 4.23. The molecule has 4 atom stereocenters. The van der Waals surface area contributed by atoms with Gasteiger partial charge in [0.2, 0.25) is 0 Å². The zero-order valence-corrected chi connectivity index (χ0v) is 42.2. The van der Waals surface area contributed by atoms with Crippen molar-refractivity contribution in [1.29, 1.82) is 0 Å². The van der Waals surface area contributed by atoms with E-state index in [1.54, 1.807) is 0 Å². The summed E-state index contributed by atoms with van der Waals surface area (Å²) in [6.45, 7) is 5.09. The van der Waals surface area contributed by atoms with E-state index in [1.165, 1.54) is 0 Å². The summed E-state index contributed by atoms with van der Waals surface area (Å²) in [6, 6.07) is 78.7. The van der Waals surface area contributed by atoms with Gasteiger partial charge in [0.25, 0.3) is 0 Å². The number of fused-ring (bicyclic) bond motifs is 1. The average molecular weight is 997 g/mol. The van der Waals surface area contributed by atoms with Crippen molar-refractivity contribution in [3.63, 3.8) is 0 Å². The van der Waals surface area contributed by atoms with E-state index < -0.39 is 37.8 Å². The van der Waals surface area contributed by atoms with Gasteiger partial charge in [-0.2, -0.15) is 0 Å². The summed E-state index contributed by atoms with van der Waals surface area (Å²) in [6.07, 6.45) is -0.778. The van der Waals surface area contributed by atoms with E-state index in [0.29, 0.717) is 31.4 Å². The number of hydrogen-bond donors (Lipinski definition) is 0. The lowest BCUT2D eigenvalue weighted by Gasteiger charge is -2.41. The molecule has 0 saturated carbocycles. The Hall–Kier alpha value is -7.07. The molecular formula is C64H57N2O7P. The van der Waals surface area contributed by atoms with Crippen LogP contribution in [0.2, 0.25) is 0 Å². The molecule has 2 fully saturated rings. The summed E-state index contributed by atoms with van der Waals surface area (Å²) in [5.74, 6) is 0.0540. The zero-order valence-electron chi connectivity index (χ0n) is 41.4. The first-order valence-corrected chi connectivity index (χ1v) is 26.5. The quantitative estimate of drug-likeness (QED) is 0.100. The first kappa shape index (κ1) is 47.9. The fourth-order valence-electron chi connectivity index (χ4n) is 10.9. The molecule has 74 heavy (non-hydrogen) atoms. The molecule has 10 heteroatoms. The molecule has 4 heterocycles. The topological polar surface area (TPSA) is 89.3 Å². The monoisotopic (exact) mass is 996 g/mol. The van der Waals surface area contributed by atoms with Gasteiger partial charge in [-0.3, -0.25) is 9.05 Å². The Labute approximate surface area is 434 Å². The molecule has 0 aromatic heterocycles. The maximum absolute atomic E-state index is 7.57. The van der Waals surface area contributed by atoms with E-state index in [0.717, 1.165) is 55.6 Å². The van der Waals surface area contributed by atoms with Gasteiger partial charge in [-0.25, -0.2) is 9.98 Å². The van der Waals surface area contributed by atoms with Gasteiger partial charge in [-0.05, 0) is 82.0 Å².